The number of nitrogens with one attached hydrogen (secondary N) is 2. The van der Waals surface area contributed by atoms with Crippen molar-refractivity contribution in [2.45, 2.75) is 26.7 Å². The van der Waals surface area contributed by atoms with E-state index >= 15 is 0 Å². The van der Waals surface area contributed by atoms with Crippen LogP contribution in [-0.2, 0) is 11.2 Å². The summed E-state index contributed by atoms with van der Waals surface area (Å²) >= 11 is 0. The monoisotopic (exact) mass is 278 g/mol. The third kappa shape index (κ3) is 7.11. The molecule has 0 saturated heterocycles. The summed E-state index contributed by atoms with van der Waals surface area (Å²) in [7, 11) is 0. The Kier molecular flexibility index (Phi) is 8.42. The number of ether oxygens (including phenoxy) is 1. The molecule has 0 saturated carbocycles. The maximum atomic E-state index is 5.44. The maximum Gasteiger partial charge on any atom is 0.205 e. The first-order valence-corrected chi connectivity index (χ1v) is 7.14. The molecule has 5 nitrogen and oxygen atoms in total. The Morgan fingerprint density at radius 3 is 2.95 bits per heavy atom. The topological polar surface area (TPSA) is 71.7 Å². The third-order valence-electron chi connectivity index (χ3n) is 2.85. The lowest BCUT2D eigenvalue weighted by molar-refractivity contribution is 0.146. The minimum Gasteiger partial charge on any atom is -0.382 e. The Morgan fingerprint density at radius 1 is 1.40 bits per heavy atom. The Labute approximate surface area is 121 Å². The molecule has 5 heteroatoms. The van der Waals surface area contributed by atoms with Gasteiger partial charge in [0.25, 0.3) is 0 Å². The highest BCUT2D eigenvalue weighted by molar-refractivity contribution is 5.79. The van der Waals surface area contributed by atoms with Crippen molar-refractivity contribution in [2.24, 2.45) is 10.8 Å². The number of hydrogen-bond donors (Lipinski definition) is 3. The van der Waals surface area contributed by atoms with E-state index in [2.05, 4.69) is 46.9 Å². The van der Waals surface area contributed by atoms with Gasteiger partial charge in [0.05, 0.1) is 0 Å². The molecule has 0 heterocycles. The van der Waals surface area contributed by atoms with Crippen LogP contribution < -0.4 is 16.6 Å². The van der Waals surface area contributed by atoms with Crippen LogP contribution in [0.4, 0.5) is 0 Å². The fraction of sp³-hybridized carbons (Fsp3) is 0.533. The molecule has 0 aliphatic heterocycles. The van der Waals surface area contributed by atoms with Gasteiger partial charge in [0.15, 0.2) is 0 Å². The molecule has 0 amide bonds. The van der Waals surface area contributed by atoms with Gasteiger partial charge in [-0.05, 0) is 32.3 Å². The Balaban J connectivity index is 2.25. The second-order valence-electron chi connectivity index (χ2n) is 4.59. The number of benzene rings is 1. The molecule has 0 bridgehead atoms. The largest absolute Gasteiger partial charge is 0.382 e. The average molecular weight is 278 g/mol. The first kappa shape index (κ1) is 16.5. The molecule has 0 aliphatic carbocycles. The highest BCUT2D eigenvalue weighted by atomic mass is 16.5. The van der Waals surface area contributed by atoms with E-state index in [1.807, 2.05) is 6.92 Å². The number of nitrogens with zero attached hydrogens (tertiary/aromatic N) is 1. The zero-order valence-corrected chi connectivity index (χ0v) is 12.5. The minimum absolute atomic E-state index is 0.633. The van der Waals surface area contributed by atoms with Crippen LogP contribution in [0.1, 0.15) is 24.5 Å². The van der Waals surface area contributed by atoms with Crippen molar-refractivity contribution in [2.75, 3.05) is 26.3 Å². The fourth-order valence-electron chi connectivity index (χ4n) is 1.85. The van der Waals surface area contributed by atoms with E-state index < -0.39 is 0 Å². The summed E-state index contributed by atoms with van der Waals surface area (Å²) in [5.74, 6) is 6.08. The molecule has 0 radical (unpaired) electrons. The molecule has 1 aromatic rings. The molecule has 4 N–H and O–H groups in total. The zero-order chi connectivity index (χ0) is 14.6. The van der Waals surface area contributed by atoms with Gasteiger partial charge in [-0.15, -0.1) is 0 Å². The molecule has 0 spiro atoms. The number of aryl methyl sites for hydroxylation is 1. The number of nitrogens with two attached hydrogens (primary N) is 1. The summed E-state index contributed by atoms with van der Waals surface area (Å²) in [5, 5.41) is 3.20. The fourth-order valence-corrected chi connectivity index (χ4v) is 1.85. The van der Waals surface area contributed by atoms with Crippen molar-refractivity contribution in [3.8, 4) is 0 Å². The van der Waals surface area contributed by atoms with Crippen LogP contribution in [0.25, 0.3) is 0 Å². The Morgan fingerprint density at radius 2 is 2.25 bits per heavy atom. The predicted octanol–water partition coefficient (Wildman–Crippen LogP) is 1.37. The van der Waals surface area contributed by atoms with Crippen LogP contribution in [0.2, 0.25) is 0 Å². The molecular formula is C15H26N4O. The summed E-state index contributed by atoms with van der Waals surface area (Å²) in [6.45, 7) is 7.09. The second-order valence-corrected chi connectivity index (χ2v) is 4.59. The van der Waals surface area contributed by atoms with E-state index in [1.165, 1.54) is 11.1 Å². The van der Waals surface area contributed by atoms with Gasteiger partial charge in [-0.25, -0.2) is 5.84 Å². The van der Waals surface area contributed by atoms with E-state index in [4.69, 9.17) is 10.6 Å². The van der Waals surface area contributed by atoms with Crippen molar-refractivity contribution < 1.29 is 4.74 Å². The summed E-state index contributed by atoms with van der Waals surface area (Å²) in [6.07, 6.45) is 1.85. The summed E-state index contributed by atoms with van der Waals surface area (Å²) in [6, 6.07) is 8.50. The number of hydrazine groups is 1. The van der Waals surface area contributed by atoms with Gasteiger partial charge in [0.1, 0.15) is 0 Å². The van der Waals surface area contributed by atoms with E-state index in [0.717, 1.165) is 32.6 Å². The van der Waals surface area contributed by atoms with Crippen LogP contribution in [0.3, 0.4) is 0 Å². The molecule has 1 rings (SSSR count). The SMILES string of the molecule is CCOCCCN=C(NN)NCCc1cccc(C)c1. The smallest absolute Gasteiger partial charge is 0.205 e. The van der Waals surface area contributed by atoms with Crippen molar-refractivity contribution in [1.29, 1.82) is 0 Å². The minimum atomic E-state index is 0.633. The van der Waals surface area contributed by atoms with E-state index in [1.54, 1.807) is 0 Å². The molecule has 1 aromatic carbocycles. The Bertz CT molecular complexity index is 407. The number of guanidine groups is 1. The van der Waals surface area contributed by atoms with E-state index in [9.17, 15) is 0 Å². The van der Waals surface area contributed by atoms with E-state index in [0.29, 0.717) is 12.5 Å². The predicted molar refractivity (Wildman–Crippen MR) is 83.6 cm³/mol. The second kappa shape index (κ2) is 10.2. The lowest BCUT2D eigenvalue weighted by Crippen LogP contribution is -2.42. The lowest BCUT2D eigenvalue weighted by Gasteiger charge is -2.09. The third-order valence-corrected chi connectivity index (χ3v) is 2.85. The van der Waals surface area contributed by atoms with E-state index in [-0.39, 0.29) is 0 Å². The first-order valence-electron chi connectivity index (χ1n) is 7.14. The summed E-state index contributed by atoms with van der Waals surface area (Å²) in [5.41, 5.74) is 5.18. The van der Waals surface area contributed by atoms with Gasteiger partial charge in [-0.1, -0.05) is 29.8 Å². The molecule has 0 fully saturated rings. The van der Waals surface area contributed by atoms with Crippen molar-refractivity contribution in [1.82, 2.24) is 10.7 Å². The number of hydrogen-bond acceptors (Lipinski definition) is 3. The summed E-state index contributed by atoms with van der Waals surface area (Å²) < 4.78 is 5.26. The number of rotatable bonds is 8. The quantitative estimate of drug-likeness (QED) is 0.221. The molecule has 0 aliphatic rings. The molecule has 0 atom stereocenters. The molecule has 20 heavy (non-hydrogen) atoms. The van der Waals surface area contributed by atoms with Crippen LogP contribution in [-0.4, -0.2) is 32.3 Å². The van der Waals surface area contributed by atoms with Gasteiger partial charge in [-0.2, -0.15) is 0 Å². The highest BCUT2D eigenvalue weighted by Crippen LogP contribution is 2.03. The average Bonchev–Trinajstić information content (AvgIpc) is 2.45. The molecule has 112 valence electrons. The zero-order valence-electron chi connectivity index (χ0n) is 12.5. The van der Waals surface area contributed by atoms with Crippen LogP contribution >= 0.6 is 0 Å². The summed E-state index contributed by atoms with van der Waals surface area (Å²) in [4.78, 5) is 4.35. The van der Waals surface area contributed by atoms with Gasteiger partial charge < -0.3 is 10.1 Å². The normalized spacial score (nSPS) is 11.4. The Hall–Kier alpha value is -1.59. The molecule has 0 aromatic heterocycles. The number of aliphatic imine (C=N–C) groups is 1. The molecular weight excluding hydrogens is 252 g/mol. The lowest BCUT2D eigenvalue weighted by atomic mass is 10.1. The van der Waals surface area contributed by atoms with Crippen molar-refractivity contribution in [3.63, 3.8) is 0 Å². The van der Waals surface area contributed by atoms with Crippen LogP contribution in [0, 0.1) is 6.92 Å². The highest BCUT2D eigenvalue weighted by Gasteiger charge is 1.97. The van der Waals surface area contributed by atoms with Crippen LogP contribution in [0.5, 0.6) is 0 Å². The van der Waals surface area contributed by atoms with Gasteiger partial charge in [0, 0.05) is 26.3 Å². The molecule has 0 unspecified atom stereocenters. The standard InChI is InChI=1S/C15H26N4O/c1-3-20-11-5-9-17-15(19-16)18-10-8-14-7-4-6-13(2)12-14/h4,6-7,12H,3,5,8-11,16H2,1-2H3,(H2,17,18,19). The van der Waals surface area contributed by atoms with Gasteiger partial charge in [0.2, 0.25) is 5.96 Å². The first-order chi connectivity index (χ1) is 9.76. The van der Waals surface area contributed by atoms with Gasteiger partial charge >= 0.3 is 0 Å². The van der Waals surface area contributed by atoms with Gasteiger partial charge in [-0.3, -0.25) is 10.4 Å². The maximum absolute atomic E-state index is 5.44. The van der Waals surface area contributed by atoms with Crippen LogP contribution in [0.15, 0.2) is 29.3 Å². The van der Waals surface area contributed by atoms with Crippen molar-refractivity contribution >= 4 is 5.96 Å². The van der Waals surface area contributed by atoms with Crippen molar-refractivity contribution in [3.05, 3.63) is 35.4 Å².